The van der Waals surface area contributed by atoms with Gasteiger partial charge in [-0.05, 0) is 36.0 Å². The van der Waals surface area contributed by atoms with E-state index in [1.807, 2.05) is 17.0 Å². The third kappa shape index (κ3) is 3.23. The molecule has 0 aromatic heterocycles. The molecule has 2 N–H and O–H groups in total. The van der Waals surface area contributed by atoms with E-state index in [4.69, 9.17) is 27.9 Å². The molecule has 1 spiro atoms. The zero-order valence-corrected chi connectivity index (χ0v) is 14.9. The van der Waals surface area contributed by atoms with E-state index < -0.39 is 0 Å². The Labute approximate surface area is 151 Å². The number of carbonyl (C=O) groups is 1. The van der Waals surface area contributed by atoms with Gasteiger partial charge >= 0.3 is 6.03 Å². The van der Waals surface area contributed by atoms with Gasteiger partial charge < -0.3 is 20.3 Å². The van der Waals surface area contributed by atoms with Crippen LogP contribution in [0.15, 0.2) is 18.2 Å². The first kappa shape index (κ1) is 16.5. The van der Waals surface area contributed by atoms with Crippen LogP contribution in [-0.2, 0) is 4.74 Å². The Balaban J connectivity index is 1.28. The maximum atomic E-state index is 12.4. The van der Waals surface area contributed by atoms with E-state index in [2.05, 4.69) is 10.6 Å². The second kappa shape index (κ2) is 6.37. The number of benzene rings is 1. The molecular formula is C17H21Cl2N3O2. The molecule has 1 aliphatic carbocycles. The summed E-state index contributed by atoms with van der Waals surface area (Å²) in [6.45, 7) is 4.29. The number of halogens is 2. The largest absolute Gasteiger partial charge is 0.369 e. The van der Waals surface area contributed by atoms with Gasteiger partial charge in [-0.1, -0.05) is 29.3 Å². The van der Waals surface area contributed by atoms with Gasteiger partial charge in [0.15, 0.2) is 0 Å². The summed E-state index contributed by atoms with van der Waals surface area (Å²) < 4.78 is 5.81. The molecule has 2 heterocycles. The fourth-order valence-electron chi connectivity index (χ4n) is 3.62. The fourth-order valence-corrected chi connectivity index (χ4v) is 4.17. The summed E-state index contributed by atoms with van der Waals surface area (Å²) in [6, 6.07) is 5.66. The summed E-state index contributed by atoms with van der Waals surface area (Å²) in [5, 5.41) is 7.66. The van der Waals surface area contributed by atoms with Crippen molar-refractivity contribution in [1.29, 1.82) is 0 Å². The predicted molar refractivity (Wildman–Crippen MR) is 93.8 cm³/mol. The third-order valence-electron chi connectivity index (χ3n) is 5.23. The van der Waals surface area contributed by atoms with Crippen LogP contribution in [0.2, 0.25) is 10.0 Å². The van der Waals surface area contributed by atoms with Crippen molar-refractivity contribution in [2.75, 3.05) is 39.3 Å². The normalized spacial score (nSPS) is 27.7. The Hall–Kier alpha value is -1.01. The quantitative estimate of drug-likeness (QED) is 0.860. The van der Waals surface area contributed by atoms with Crippen LogP contribution < -0.4 is 10.6 Å². The van der Waals surface area contributed by atoms with E-state index in [-0.39, 0.29) is 11.6 Å². The molecule has 0 radical (unpaired) electrons. The van der Waals surface area contributed by atoms with Crippen LogP contribution in [0.25, 0.3) is 0 Å². The summed E-state index contributed by atoms with van der Waals surface area (Å²) in [6.07, 6.45) is 1.05. The molecule has 2 saturated heterocycles. The zero-order chi connectivity index (χ0) is 16.7. The number of nitrogens with one attached hydrogen (secondary N) is 2. The minimum atomic E-state index is -0.158. The standard InChI is InChI=1S/C17H21Cl2N3O2/c18-12-1-2-13(15(19)6-12)14-5-11(14)7-21-16(23)22-3-4-24-17(10-22)8-20-9-17/h1-2,6,11,14,20H,3-5,7-10H2,(H,21,23)/t11-,14+/m0/s1. The van der Waals surface area contributed by atoms with Gasteiger partial charge in [-0.2, -0.15) is 0 Å². The molecule has 2 aliphatic heterocycles. The third-order valence-corrected chi connectivity index (χ3v) is 5.79. The van der Waals surface area contributed by atoms with Gasteiger partial charge in [0, 0.05) is 36.2 Å². The van der Waals surface area contributed by atoms with Crippen molar-refractivity contribution in [1.82, 2.24) is 15.5 Å². The first-order valence-electron chi connectivity index (χ1n) is 8.39. The van der Waals surface area contributed by atoms with Gasteiger partial charge in [0.25, 0.3) is 0 Å². The van der Waals surface area contributed by atoms with E-state index in [0.29, 0.717) is 48.1 Å². The lowest BCUT2D eigenvalue weighted by atomic mass is 9.95. The molecule has 5 nitrogen and oxygen atoms in total. The monoisotopic (exact) mass is 369 g/mol. The van der Waals surface area contributed by atoms with Crippen molar-refractivity contribution in [3.8, 4) is 0 Å². The summed E-state index contributed by atoms with van der Waals surface area (Å²) in [5.74, 6) is 0.870. The molecule has 24 heavy (non-hydrogen) atoms. The number of ether oxygens (including phenoxy) is 1. The highest BCUT2D eigenvalue weighted by Crippen LogP contribution is 2.49. The average Bonchev–Trinajstić information content (AvgIpc) is 3.30. The van der Waals surface area contributed by atoms with Gasteiger partial charge in [0.1, 0.15) is 5.60 Å². The summed E-state index contributed by atoms with van der Waals surface area (Å²) in [5.41, 5.74) is 0.973. The number of hydrogen-bond acceptors (Lipinski definition) is 3. The lowest BCUT2D eigenvalue weighted by Crippen LogP contribution is -2.70. The highest BCUT2D eigenvalue weighted by molar-refractivity contribution is 6.35. The Bertz CT molecular complexity index is 651. The van der Waals surface area contributed by atoms with Crippen LogP contribution in [0, 0.1) is 5.92 Å². The molecule has 3 aliphatic rings. The van der Waals surface area contributed by atoms with Crippen molar-refractivity contribution in [2.24, 2.45) is 5.92 Å². The van der Waals surface area contributed by atoms with E-state index in [0.717, 1.165) is 25.1 Å². The fraction of sp³-hybridized carbons (Fsp3) is 0.588. The number of morpholine rings is 1. The number of urea groups is 1. The predicted octanol–water partition coefficient (Wildman–Crippen LogP) is 2.48. The Morgan fingerprint density at radius 1 is 1.42 bits per heavy atom. The van der Waals surface area contributed by atoms with Crippen molar-refractivity contribution in [2.45, 2.75) is 17.9 Å². The van der Waals surface area contributed by atoms with Gasteiger partial charge in [-0.15, -0.1) is 0 Å². The molecule has 4 rings (SSSR count). The molecule has 0 unspecified atom stereocenters. The first-order chi connectivity index (χ1) is 11.6. The summed E-state index contributed by atoms with van der Waals surface area (Å²) >= 11 is 12.2. The van der Waals surface area contributed by atoms with Crippen LogP contribution in [0.3, 0.4) is 0 Å². The highest BCUT2D eigenvalue weighted by Gasteiger charge is 2.44. The Kier molecular flexibility index (Phi) is 4.37. The van der Waals surface area contributed by atoms with Gasteiger partial charge in [0.05, 0.1) is 13.2 Å². The topological polar surface area (TPSA) is 53.6 Å². The molecule has 130 valence electrons. The van der Waals surface area contributed by atoms with Crippen molar-refractivity contribution in [3.05, 3.63) is 33.8 Å². The van der Waals surface area contributed by atoms with Crippen molar-refractivity contribution in [3.63, 3.8) is 0 Å². The lowest BCUT2D eigenvalue weighted by molar-refractivity contribution is -0.125. The Morgan fingerprint density at radius 2 is 2.25 bits per heavy atom. The van der Waals surface area contributed by atoms with E-state index in [1.165, 1.54) is 0 Å². The summed E-state index contributed by atoms with van der Waals surface area (Å²) in [7, 11) is 0. The van der Waals surface area contributed by atoms with Crippen LogP contribution in [0.5, 0.6) is 0 Å². The van der Waals surface area contributed by atoms with Gasteiger partial charge in [-0.3, -0.25) is 0 Å². The van der Waals surface area contributed by atoms with Gasteiger partial charge in [-0.25, -0.2) is 4.79 Å². The number of carbonyl (C=O) groups excluding carboxylic acids is 1. The maximum absolute atomic E-state index is 12.4. The SMILES string of the molecule is O=C(NC[C@@H]1C[C@H]1c1ccc(Cl)cc1Cl)N1CCOC2(CNC2)C1. The Morgan fingerprint density at radius 3 is 2.96 bits per heavy atom. The summed E-state index contributed by atoms with van der Waals surface area (Å²) in [4.78, 5) is 14.3. The molecule has 1 aromatic rings. The van der Waals surface area contributed by atoms with Gasteiger partial charge in [0.2, 0.25) is 0 Å². The molecule has 1 aromatic carbocycles. The number of hydrogen-bond donors (Lipinski definition) is 2. The molecule has 2 atom stereocenters. The number of nitrogens with zero attached hydrogens (tertiary/aromatic N) is 1. The van der Waals surface area contributed by atoms with Crippen LogP contribution in [0.4, 0.5) is 4.79 Å². The molecule has 2 amide bonds. The lowest BCUT2D eigenvalue weighted by Gasteiger charge is -2.48. The minimum Gasteiger partial charge on any atom is -0.369 e. The number of rotatable bonds is 3. The zero-order valence-electron chi connectivity index (χ0n) is 13.4. The van der Waals surface area contributed by atoms with Crippen LogP contribution in [0.1, 0.15) is 17.9 Å². The second-order valence-corrected chi connectivity index (χ2v) is 7.85. The number of amides is 2. The minimum absolute atomic E-state index is 0.0115. The van der Waals surface area contributed by atoms with Crippen molar-refractivity contribution < 1.29 is 9.53 Å². The smallest absolute Gasteiger partial charge is 0.317 e. The van der Waals surface area contributed by atoms with E-state index in [9.17, 15) is 4.79 Å². The second-order valence-electron chi connectivity index (χ2n) is 7.01. The average molecular weight is 370 g/mol. The van der Waals surface area contributed by atoms with E-state index >= 15 is 0 Å². The van der Waals surface area contributed by atoms with Crippen LogP contribution >= 0.6 is 23.2 Å². The molecular weight excluding hydrogens is 349 g/mol. The molecule has 7 heteroatoms. The molecule has 0 bridgehead atoms. The molecule has 3 fully saturated rings. The molecule has 1 saturated carbocycles. The highest BCUT2D eigenvalue weighted by atomic mass is 35.5. The van der Waals surface area contributed by atoms with Crippen LogP contribution in [-0.4, -0.2) is 55.9 Å². The van der Waals surface area contributed by atoms with E-state index in [1.54, 1.807) is 6.07 Å². The maximum Gasteiger partial charge on any atom is 0.317 e. The first-order valence-corrected chi connectivity index (χ1v) is 9.14. The van der Waals surface area contributed by atoms with Crippen molar-refractivity contribution >= 4 is 29.2 Å².